The number of amides is 2. The molecular formula is C15H18N2O4. The fourth-order valence-corrected chi connectivity index (χ4v) is 2.62. The van der Waals surface area contributed by atoms with Gasteiger partial charge in [0.25, 0.3) is 5.91 Å². The van der Waals surface area contributed by atoms with Crippen molar-refractivity contribution in [3.05, 3.63) is 34.9 Å². The van der Waals surface area contributed by atoms with E-state index in [2.05, 4.69) is 5.32 Å². The average Bonchev–Trinajstić information content (AvgIpc) is 2.97. The van der Waals surface area contributed by atoms with E-state index in [1.807, 2.05) is 12.1 Å². The van der Waals surface area contributed by atoms with Crippen LogP contribution in [0, 0.1) is 0 Å². The van der Waals surface area contributed by atoms with Gasteiger partial charge in [0.15, 0.2) is 0 Å². The first-order valence-electron chi connectivity index (χ1n) is 7.14. The van der Waals surface area contributed by atoms with Crippen molar-refractivity contribution in [2.45, 2.75) is 19.6 Å². The molecule has 0 spiro atoms. The summed E-state index contributed by atoms with van der Waals surface area (Å²) in [6.07, 6.45) is 0.535. The number of ether oxygens (including phenoxy) is 2. The van der Waals surface area contributed by atoms with Crippen LogP contribution in [0.4, 0.5) is 4.79 Å². The van der Waals surface area contributed by atoms with Crippen LogP contribution in [0.3, 0.4) is 0 Å². The number of hydrogen-bond acceptors (Lipinski definition) is 4. The van der Waals surface area contributed by atoms with Crippen molar-refractivity contribution in [1.29, 1.82) is 0 Å². The van der Waals surface area contributed by atoms with E-state index in [1.165, 1.54) is 0 Å². The third-order valence-corrected chi connectivity index (χ3v) is 3.75. The molecule has 1 saturated heterocycles. The number of carbonyl (C=O) groups is 2. The number of nitrogens with one attached hydrogen (secondary N) is 1. The van der Waals surface area contributed by atoms with Crippen LogP contribution in [0.2, 0.25) is 0 Å². The Labute approximate surface area is 123 Å². The minimum atomic E-state index is -0.301. The van der Waals surface area contributed by atoms with Gasteiger partial charge >= 0.3 is 6.09 Å². The lowest BCUT2D eigenvalue weighted by molar-refractivity contribution is 0.0719. The van der Waals surface area contributed by atoms with Gasteiger partial charge in [-0.3, -0.25) is 4.79 Å². The molecule has 0 bridgehead atoms. The Morgan fingerprint density at radius 1 is 1.33 bits per heavy atom. The maximum Gasteiger partial charge on any atom is 0.409 e. The molecular weight excluding hydrogens is 272 g/mol. The molecule has 2 amide bonds. The van der Waals surface area contributed by atoms with Gasteiger partial charge in [-0.15, -0.1) is 0 Å². The second-order valence-corrected chi connectivity index (χ2v) is 5.15. The molecule has 2 heterocycles. The summed E-state index contributed by atoms with van der Waals surface area (Å²) < 4.78 is 10.3. The molecule has 1 aromatic rings. The van der Waals surface area contributed by atoms with Gasteiger partial charge < -0.3 is 19.7 Å². The highest BCUT2D eigenvalue weighted by Gasteiger charge is 2.21. The number of cyclic esters (lactones) is 1. The monoisotopic (exact) mass is 290 g/mol. The summed E-state index contributed by atoms with van der Waals surface area (Å²) in [5, 5.41) is 2.85. The van der Waals surface area contributed by atoms with E-state index < -0.39 is 0 Å². The van der Waals surface area contributed by atoms with Crippen LogP contribution in [-0.4, -0.2) is 43.1 Å². The standard InChI is InChI=1S/C15H18N2O4/c18-14(12-4-1-3-11-9-20-10-13(11)12)16-5-7-17-6-2-8-21-15(17)19/h1,3-4H,2,5-10H2,(H,16,18). The lowest BCUT2D eigenvalue weighted by Gasteiger charge is -2.26. The Morgan fingerprint density at radius 3 is 3.10 bits per heavy atom. The van der Waals surface area contributed by atoms with Crippen molar-refractivity contribution >= 4 is 12.0 Å². The highest BCUT2D eigenvalue weighted by molar-refractivity contribution is 5.96. The van der Waals surface area contributed by atoms with Gasteiger partial charge in [0.2, 0.25) is 0 Å². The minimum Gasteiger partial charge on any atom is -0.449 e. The largest absolute Gasteiger partial charge is 0.449 e. The number of benzene rings is 1. The summed E-state index contributed by atoms with van der Waals surface area (Å²) in [5.41, 5.74) is 2.70. The molecule has 0 atom stereocenters. The quantitative estimate of drug-likeness (QED) is 0.907. The third kappa shape index (κ3) is 3.00. The summed E-state index contributed by atoms with van der Waals surface area (Å²) in [6.45, 7) is 3.10. The molecule has 6 heteroatoms. The molecule has 0 saturated carbocycles. The highest BCUT2D eigenvalue weighted by Crippen LogP contribution is 2.23. The summed E-state index contributed by atoms with van der Waals surface area (Å²) >= 11 is 0. The minimum absolute atomic E-state index is 0.122. The van der Waals surface area contributed by atoms with E-state index in [0.29, 0.717) is 45.0 Å². The second kappa shape index (κ2) is 6.13. The number of carbonyl (C=O) groups excluding carboxylic acids is 2. The summed E-state index contributed by atoms with van der Waals surface area (Å²) in [7, 11) is 0. The van der Waals surface area contributed by atoms with E-state index in [1.54, 1.807) is 11.0 Å². The lowest BCUT2D eigenvalue weighted by atomic mass is 10.0. The first kappa shape index (κ1) is 13.9. The van der Waals surface area contributed by atoms with Crippen LogP contribution in [-0.2, 0) is 22.7 Å². The number of nitrogens with zero attached hydrogens (tertiary/aromatic N) is 1. The van der Waals surface area contributed by atoms with Crippen LogP contribution in [0.25, 0.3) is 0 Å². The molecule has 3 rings (SSSR count). The molecule has 1 N–H and O–H groups in total. The van der Waals surface area contributed by atoms with Crippen LogP contribution in [0.1, 0.15) is 27.9 Å². The zero-order valence-corrected chi connectivity index (χ0v) is 11.8. The van der Waals surface area contributed by atoms with Crippen molar-refractivity contribution in [2.24, 2.45) is 0 Å². The predicted octanol–water partition coefficient (Wildman–Crippen LogP) is 1.29. The predicted molar refractivity (Wildman–Crippen MR) is 74.8 cm³/mol. The molecule has 0 aliphatic carbocycles. The fraction of sp³-hybridized carbons (Fsp3) is 0.467. The van der Waals surface area contributed by atoms with E-state index in [-0.39, 0.29) is 12.0 Å². The van der Waals surface area contributed by atoms with Gasteiger partial charge in [-0.2, -0.15) is 0 Å². The van der Waals surface area contributed by atoms with Crippen molar-refractivity contribution in [3.8, 4) is 0 Å². The van der Waals surface area contributed by atoms with Gasteiger partial charge in [-0.25, -0.2) is 4.79 Å². The molecule has 2 aliphatic heterocycles. The Kier molecular flexibility index (Phi) is 4.06. The normalized spacial score (nSPS) is 17.3. The fourth-order valence-electron chi connectivity index (χ4n) is 2.62. The van der Waals surface area contributed by atoms with Gasteiger partial charge in [0.05, 0.1) is 19.8 Å². The van der Waals surface area contributed by atoms with Crippen LogP contribution in [0.15, 0.2) is 18.2 Å². The summed E-state index contributed by atoms with van der Waals surface area (Å²) in [4.78, 5) is 25.3. The molecule has 21 heavy (non-hydrogen) atoms. The summed E-state index contributed by atoms with van der Waals surface area (Å²) in [5.74, 6) is -0.122. The van der Waals surface area contributed by atoms with Crippen LogP contribution < -0.4 is 5.32 Å². The van der Waals surface area contributed by atoms with Crippen molar-refractivity contribution < 1.29 is 19.1 Å². The molecule has 0 unspecified atom stereocenters. The van der Waals surface area contributed by atoms with Crippen molar-refractivity contribution in [1.82, 2.24) is 10.2 Å². The average molecular weight is 290 g/mol. The number of hydrogen-bond donors (Lipinski definition) is 1. The SMILES string of the molecule is O=C(NCCN1CCCOC1=O)c1cccc2c1COC2. The first-order chi connectivity index (χ1) is 10.3. The van der Waals surface area contributed by atoms with Crippen LogP contribution in [0.5, 0.6) is 0 Å². The maximum absolute atomic E-state index is 12.2. The molecule has 0 radical (unpaired) electrons. The Morgan fingerprint density at radius 2 is 2.24 bits per heavy atom. The molecule has 6 nitrogen and oxygen atoms in total. The maximum atomic E-state index is 12.2. The zero-order chi connectivity index (χ0) is 14.7. The van der Waals surface area contributed by atoms with Gasteiger partial charge in [-0.1, -0.05) is 12.1 Å². The smallest absolute Gasteiger partial charge is 0.409 e. The molecule has 1 fully saturated rings. The van der Waals surface area contributed by atoms with E-state index in [4.69, 9.17) is 9.47 Å². The molecule has 2 aliphatic rings. The summed E-state index contributed by atoms with van der Waals surface area (Å²) in [6, 6.07) is 5.64. The topological polar surface area (TPSA) is 67.9 Å². The second-order valence-electron chi connectivity index (χ2n) is 5.15. The van der Waals surface area contributed by atoms with Crippen LogP contribution >= 0.6 is 0 Å². The Bertz CT molecular complexity index is 559. The number of rotatable bonds is 4. The van der Waals surface area contributed by atoms with Gasteiger partial charge in [0, 0.05) is 25.2 Å². The zero-order valence-electron chi connectivity index (χ0n) is 11.8. The Hall–Kier alpha value is -2.08. The van der Waals surface area contributed by atoms with E-state index in [9.17, 15) is 9.59 Å². The van der Waals surface area contributed by atoms with E-state index in [0.717, 1.165) is 17.5 Å². The van der Waals surface area contributed by atoms with Crippen molar-refractivity contribution in [2.75, 3.05) is 26.2 Å². The Balaban J connectivity index is 1.55. The molecule has 112 valence electrons. The molecule has 1 aromatic carbocycles. The molecule has 0 aromatic heterocycles. The van der Waals surface area contributed by atoms with Gasteiger partial charge in [-0.05, 0) is 23.6 Å². The number of fused-ring (bicyclic) bond motifs is 1. The van der Waals surface area contributed by atoms with Crippen molar-refractivity contribution in [3.63, 3.8) is 0 Å². The highest BCUT2D eigenvalue weighted by atomic mass is 16.6. The third-order valence-electron chi connectivity index (χ3n) is 3.75. The first-order valence-corrected chi connectivity index (χ1v) is 7.14. The van der Waals surface area contributed by atoms with E-state index >= 15 is 0 Å². The lowest BCUT2D eigenvalue weighted by Crippen LogP contribution is -2.42. The van der Waals surface area contributed by atoms with Gasteiger partial charge in [0.1, 0.15) is 0 Å².